The van der Waals surface area contributed by atoms with Gasteiger partial charge in [0.15, 0.2) is 5.78 Å². The Morgan fingerprint density at radius 3 is 2.48 bits per heavy atom. The maximum Gasteiger partial charge on any atom is 0.253 e. The zero-order valence-electron chi connectivity index (χ0n) is 15.8. The summed E-state index contributed by atoms with van der Waals surface area (Å²) < 4.78 is 11.0. The molecular formula is C22H25NO4. The van der Waals surface area contributed by atoms with Gasteiger partial charge in [-0.05, 0) is 56.2 Å². The lowest BCUT2D eigenvalue weighted by Gasteiger charge is -2.32. The molecule has 1 amide bonds. The molecule has 1 heterocycles. The van der Waals surface area contributed by atoms with Crippen LogP contribution < -0.4 is 9.47 Å². The molecule has 0 N–H and O–H groups in total. The van der Waals surface area contributed by atoms with Crippen LogP contribution in [0.15, 0.2) is 48.5 Å². The van der Waals surface area contributed by atoms with E-state index < -0.39 is 0 Å². The second-order valence-electron chi connectivity index (χ2n) is 6.88. The monoisotopic (exact) mass is 367 g/mol. The molecule has 0 aromatic heterocycles. The lowest BCUT2D eigenvalue weighted by Crippen LogP contribution is -2.41. The summed E-state index contributed by atoms with van der Waals surface area (Å²) in [4.78, 5) is 26.3. The summed E-state index contributed by atoms with van der Waals surface area (Å²) >= 11 is 0. The summed E-state index contributed by atoms with van der Waals surface area (Å²) in [7, 11) is 1.63. The normalized spacial score (nSPS) is 16.7. The fourth-order valence-corrected chi connectivity index (χ4v) is 3.33. The SMILES string of the molecule is COc1ccc(OC[C@H]2CCCN(C(=O)c3cccc(C(C)=O)c3)C2)cc1. The molecule has 1 aliphatic heterocycles. The van der Waals surface area contributed by atoms with Crippen molar-refractivity contribution in [1.82, 2.24) is 4.90 Å². The molecule has 1 atom stereocenters. The molecule has 2 aromatic carbocycles. The van der Waals surface area contributed by atoms with E-state index in [-0.39, 0.29) is 11.7 Å². The van der Waals surface area contributed by atoms with Gasteiger partial charge in [-0.2, -0.15) is 0 Å². The van der Waals surface area contributed by atoms with Crippen LogP contribution in [0.2, 0.25) is 0 Å². The number of Topliss-reactive ketones (excluding diaryl/α,β-unsaturated/α-hetero) is 1. The van der Waals surface area contributed by atoms with Gasteiger partial charge in [-0.25, -0.2) is 0 Å². The number of likely N-dealkylation sites (tertiary alicyclic amines) is 1. The maximum absolute atomic E-state index is 12.8. The van der Waals surface area contributed by atoms with Gasteiger partial charge in [0.2, 0.25) is 0 Å². The number of carbonyl (C=O) groups excluding carboxylic acids is 2. The van der Waals surface area contributed by atoms with Gasteiger partial charge in [0.25, 0.3) is 5.91 Å². The largest absolute Gasteiger partial charge is 0.497 e. The molecule has 1 aliphatic rings. The fourth-order valence-electron chi connectivity index (χ4n) is 3.33. The van der Waals surface area contributed by atoms with Gasteiger partial charge in [-0.3, -0.25) is 9.59 Å². The number of hydrogen-bond acceptors (Lipinski definition) is 4. The number of ether oxygens (including phenoxy) is 2. The van der Waals surface area contributed by atoms with Crippen LogP contribution in [0.4, 0.5) is 0 Å². The average molecular weight is 367 g/mol. The van der Waals surface area contributed by atoms with Crippen molar-refractivity contribution in [2.45, 2.75) is 19.8 Å². The zero-order valence-corrected chi connectivity index (χ0v) is 15.8. The lowest BCUT2D eigenvalue weighted by atomic mass is 9.98. The molecule has 0 spiro atoms. The summed E-state index contributed by atoms with van der Waals surface area (Å²) in [6, 6.07) is 14.5. The molecule has 142 valence electrons. The first-order valence-corrected chi connectivity index (χ1v) is 9.24. The first kappa shape index (κ1) is 19.0. The van der Waals surface area contributed by atoms with Gasteiger partial charge in [-0.15, -0.1) is 0 Å². The van der Waals surface area contributed by atoms with Crippen molar-refractivity contribution in [1.29, 1.82) is 0 Å². The molecule has 0 radical (unpaired) electrons. The summed E-state index contributed by atoms with van der Waals surface area (Å²) in [6.07, 6.45) is 1.99. The van der Waals surface area contributed by atoms with E-state index in [2.05, 4.69) is 0 Å². The highest BCUT2D eigenvalue weighted by Crippen LogP contribution is 2.22. The molecule has 1 fully saturated rings. The quantitative estimate of drug-likeness (QED) is 0.728. The topological polar surface area (TPSA) is 55.8 Å². The fraction of sp³-hybridized carbons (Fsp3) is 0.364. The van der Waals surface area contributed by atoms with Gasteiger partial charge in [0.1, 0.15) is 11.5 Å². The van der Waals surface area contributed by atoms with Gasteiger partial charge in [-0.1, -0.05) is 12.1 Å². The van der Waals surface area contributed by atoms with Crippen molar-refractivity contribution in [3.63, 3.8) is 0 Å². The van der Waals surface area contributed by atoms with E-state index in [1.165, 1.54) is 6.92 Å². The number of ketones is 1. The molecule has 0 aliphatic carbocycles. The van der Waals surface area contributed by atoms with Crippen LogP contribution >= 0.6 is 0 Å². The molecule has 0 bridgehead atoms. The highest BCUT2D eigenvalue weighted by molar-refractivity contribution is 5.99. The number of nitrogens with zero attached hydrogens (tertiary/aromatic N) is 1. The number of hydrogen-bond donors (Lipinski definition) is 0. The number of rotatable bonds is 6. The van der Waals surface area contributed by atoms with E-state index in [1.807, 2.05) is 29.2 Å². The Balaban J connectivity index is 1.59. The number of methoxy groups -OCH3 is 1. The van der Waals surface area contributed by atoms with Crippen LogP contribution in [-0.2, 0) is 0 Å². The van der Waals surface area contributed by atoms with Crippen molar-refractivity contribution in [3.05, 3.63) is 59.7 Å². The summed E-state index contributed by atoms with van der Waals surface area (Å²) in [6.45, 7) is 3.49. The Hall–Kier alpha value is -2.82. The first-order chi connectivity index (χ1) is 13.1. The lowest BCUT2D eigenvalue weighted by molar-refractivity contribution is 0.0633. The van der Waals surface area contributed by atoms with Gasteiger partial charge < -0.3 is 14.4 Å². The molecule has 2 aromatic rings. The second-order valence-corrected chi connectivity index (χ2v) is 6.88. The predicted octanol–water partition coefficient (Wildman–Crippen LogP) is 3.83. The number of benzene rings is 2. The van der Waals surface area contributed by atoms with Crippen LogP contribution in [0.5, 0.6) is 11.5 Å². The van der Waals surface area contributed by atoms with Crippen molar-refractivity contribution in [3.8, 4) is 11.5 Å². The van der Waals surface area contributed by atoms with Gasteiger partial charge in [0, 0.05) is 30.1 Å². The number of carbonyl (C=O) groups is 2. The Kier molecular flexibility index (Phi) is 6.12. The van der Waals surface area contributed by atoms with Crippen LogP contribution in [0, 0.1) is 5.92 Å². The minimum atomic E-state index is -0.0333. The molecule has 3 rings (SSSR count). The van der Waals surface area contributed by atoms with E-state index in [0.29, 0.717) is 30.2 Å². The number of amides is 1. The van der Waals surface area contributed by atoms with E-state index in [9.17, 15) is 9.59 Å². The van der Waals surface area contributed by atoms with Crippen molar-refractivity contribution >= 4 is 11.7 Å². The minimum absolute atomic E-state index is 0.0211. The maximum atomic E-state index is 12.8. The highest BCUT2D eigenvalue weighted by atomic mass is 16.5. The van der Waals surface area contributed by atoms with Crippen LogP contribution in [0.25, 0.3) is 0 Å². The second kappa shape index (κ2) is 8.71. The predicted molar refractivity (Wildman–Crippen MR) is 104 cm³/mol. The standard InChI is InChI=1S/C22H25NO4/c1-16(24)18-6-3-7-19(13-18)22(25)23-12-4-5-17(14-23)15-27-21-10-8-20(26-2)9-11-21/h3,6-11,13,17H,4-5,12,14-15H2,1-2H3/t17-/m0/s1. The molecular weight excluding hydrogens is 342 g/mol. The average Bonchev–Trinajstić information content (AvgIpc) is 2.72. The van der Waals surface area contributed by atoms with Crippen LogP contribution in [-0.4, -0.2) is 43.4 Å². The molecule has 0 saturated carbocycles. The third kappa shape index (κ3) is 4.88. The Morgan fingerprint density at radius 1 is 1.07 bits per heavy atom. The highest BCUT2D eigenvalue weighted by Gasteiger charge is 2.25. The van der Waals surface area contributed by atoms with E-state index in [0.717, 1.165) is 30.9 Å². The molecule has 1 saturated heterocycles. The molecule has 27 heavy (non-hydrogen) atoms. The zero-order chi connectivity index (χ0) is 19.2. The number of piperidine rings is 1. The Morgan fingerprint density at radius 2 is 1.78 bits per heavy atom. The van der Waals surface area contributed by atoms with Crippen molar-refractivity contribution in [2.75, 3.05) is 26.8 Å². The summed E-state index contributed by atoms with van der Waals surface area (Å²) in [5, 5.41) is 0. The summed E-state index contributed by atoms with van der Waals surface area (Å²) in [5.41, 5.74) is 1.14. The summed E-state index contributed by atoms with van der Waals surface area (Å²) in [5.74, 6) is 1.83. The Labute approximate surface area is 159 Å². The van der Waals surface area contributed by atoms with Crippen molar-refractivity contribution in [2.24, 2.45) is 5.92 Å². The molecule has 5 nitrogen and oxygen atoms in total. The van der Waals surface area contributed by atoms with Crippen LogP contribution in [0.1, 0.15) is 40.5 Å². The van der Waals surface area contributed by atoms with E-state index in [4.69, 9.17) is 9.47 Å². The van der Waals surface area contributed by atoms with E-state index >= 15 is 0 Å². The van der Waals surface area contributed by atoms with Gasteiger partial charge >= 0.3 is 0 Å². The molecule has 5 heteroatoms. The Bertz CT molecular complexity index is 800. The first-order valence-electron chi connectivity index (χ1n) is 9.24. The van der Waals surface area contributed by atoms with E-state index in [1.54, 1.807) is 31.4 Å². The van der Waals surface area contributed by atoms with Gasteiger partial charge in [0.05, 0.1) is 13.7 Å². The smallest absolute Gasteiger partial charge is 0.253 e. The minimum Gasteiger partial charge on any atom is -0.497 e. The third-order valence-electron chi connectivity index (χ3n) is 4.87. The molecule has 0 unspecified atom stereocenters. The van der Waals surface area contributed by atoms with Crippen molar-refractivity contribution < 1.29 is 19.1 Å². The third-order valence-corrected chi connectivity index (χ3v) is 4.87. The van der Waals surface area contributed by atoms with Crippen LogP contribution in [0.3, 0.4) is 0 Å².